The number of benzene rings is 2. The van der Waals surface area contributed by atoms with Gasteiger partial charge in [0.15, 0.2) is 5.78 Å². The third-order valence-electron chi connectivity index (χ3n) is 4.81. The first kappa shape index (κ1) is 17.2. The lowest BCUT2D eigenvalue weighted by molar-refractivity contribution is 0.0991. The highest BCUT2D eigenvalue weighted by Crippen LogP contribution is 2.28. The Morgan fingerprint density at radius 2 is 1.89 bits per heavy atom. The molecule has 4 rings (SSSR count). The second kappa shape index (κ2) is 7.58. The molecule has 3 heteroatoms. The first-order valence-electron chi connectivity index (χ1n) is 9.01. The molecule has 27 heavy (non-hydrogen) atoms. The van der Waals surface area contributed by atoms with Crippen LogP contribution in [-0.2, 0) is 0 Å². The van der Waals surface area contributed by atoms with Crippen molar-refractivity contribution in [3.8, 4) is 0 Å². The van der Waals surface area contributed by atoms with E-state index in [4.69, 9.17) is 4.42 Å². The number of allylic oxidation sites excluding steroid dienone is 6. The van der Waals surface area contributed by atoms with E-state index in [1.165, 1.54) is 17.7 Å². The second-order valence-corrected chi connectivity index (χ2v) is 6.69. The van der Waals surface area contributed by atoms with Gasteiger partial charge in [0, 0.05) is 17.4 Å². The van der Waals surface area contributed by atoms with Gasteiger partial charge >= 0.3 is 0 Å². The standard InChI is InChI=1S/C24H19FO2/c25-22-7-3-6-20(16-22)23(26)14-17-4-1-2-5-18(9-8-17)19-10-11-24-21(15-19)12-13-27-24/h1-7,10-13,15-16H,8-9,14H2/b2-1+,17-4+,18-5?. The molecular formula is C24H19FO2. The Hall–Kier alpha value is -3.20. The number of Topliss-reactive ketones (excluding diaryl/α,β-unsaturated/α-hetero) is 1. The Balaban J connectivity index is 1.49. The van der Waals surface area contributed by atoms with Crippen LogP contribution in [0.15, 0.2) is 89.1 Å². The van der Waals surface area contributed by atoms with Crippen LogP contribution in [0.4, 0.5) is 4.39 Å². The Morgan fingerprint density at radius 1 is 1.00 bits per heavy atom. The lowest BCUT2D eigenvalue weighted by atomic mass is 9.92. The van der Waals surface area contributed by atoms with Gasteiger partial charge in [0.2, 0.25) is 0 Å². The minimum atomic E-state index is -0.382. The Labute approximate surface area is 157 Å². The maximum absolute atomic E-state index is 13.4. The fourth-order valence-corrected chi connectivity index (χ4v) is 3.35. The Kier molecular flexibility index (Phi) is 4.84. The molecule has 0 N–H and O–H groups in total. The van der Waals surface area contributed by atoms with E-state index < -0.39 is 0 Å². The maximum Gasteiger partial charge on any atom is 0.167 e. The molecule has 1 aliphatic carbocycles. The highest BCUT2D eigenvalue weighted by molar-refractivity contribution is 5.97. The van der Waals surface area contributed by atoms with Crippen molar-refractivity contribution in [2.24, 2.45) is 0 Å². The normalized spacial score (nSPS) is 17.5. The number of hydrogen-bond donors (Lipinski definition) is 0. The number of fused-ring (bicyclic) bond motifs is 1. The second-order valence-electron chi connectivity index (χ2n) is 6.69. The van der Waals surface area contributed by atoms with Crippen molar-refractivity contribution in [3.05, 3.63) is 102 Å². The monoisotopic (exact) mass is 358 g/mol. The van der Waals surface area contributed by atoms with Gasteiger partial charge in [0.25, 0.3) is 0 Å². The van der Waals surface area contributed by atoms with Crippen molar-refractivity contribution in [2.75, 3.05) is 0 Å². The van der Waals surface area contributed by atoms with Crippen molar-refractivity contribution in [1.82, 2.24) is 0 Å². The fraction of sp³-hybridized carbons (Fsp3) is 0.125. The van der Waals surface area contributed by atoms with Crippen LogP contribution in [0.1, 0.15) is 35.2 Å². The molecule has 3 aromatic rings. The van der Waals surface area contributed by atoms with Gasteiger partial charge in [0.1, 0.15) is 11.4 Å². The molecule has 0 atom stereocenters. The van der Waals surface area contributed by atoms with Crippen LogP contribution in [0, 0.1) is 5.82 Å². The highest BCUT2D eigenvalue weighted by atomic mass is 19.1. The van der Waals surface area contributed by atoms with Crippen LogP contribution < -0.4 is 0 Å². The third-order valence-corrected chi connectivity index (χ3v) is 4.81. The van der Waals surface area contributed by atoms with E-state index in [9.17, 15) is 9.18 Å². The molecule has 1 aromatic heterocycles. The van der Waals surface area contributed by atoms with E-state index >= 15 is 0 Å². The molecule has 1 aliphatic rings. The molecule has 0 amide bonds. The number of halogens is 1. The summed E-state index contributed by atoms with van der Waals surface area (Å²) in [4.78, 5) is 12.5. The van der Waals surface area contributed by atoms with Crippen LogP contribution >= 0.6 is 0 Å². The minimum Gasteiger partial charge on any atom is -0.464 e. The zero-order chi connectivity index (χ0) is 18.6. The number of ketones is 1. The number of carbonyl (C=O) groups excluding carboxylic acids is 1. The summed E-state index contributed by atoms with van der Waals surface area (Å²) in [7, 11) is 0. The van der Waals surface area contributed by atoms with Crippen molar-refractivity contribution < 1.29 is 13.6 Å². The molecule has 134 valence electrons. The molecule has 0 saturated carbocycles. The molecule has 0 fully saturated rings. The largest absolute Gasteiger partial charge is 0.464 e. The first-order valence-corrected chi connectivity index (χ1v) is 9.01. The first-order chi connectivity index (χ1) is 13.2. The summed E-state index contributed by atoms with van der Waals surface area (Å²) in [5, 5.41) is 1.08. The van der Waals surface area contributed by atoms with Gasteiger partial charge in [-0.05, 0) is 54.3 Å². The number of hydrogen-bond acceptors (Lipinski definition) is 2. The molecular weight excluding hydrogens is 339 g/mol. The van der Waals surface area contributed by atoms with Crippen molar-refractivity contribution in [3.63, 3.8) is 0 Å². The summed E-state index contributed by atoms with van der Waals surface area (Å²) in [6.07, 6.45) is 11.7. The molecule has 0 saturated heterocycles. The number of furan rings is 1. The van der Waals surface area contributed by atoms with Gasteiger partial charge in [-0.2, -0.15) is 0 Å². The summed E-state index contributed by atoms with van der Waals surface area (Å²) in [5.74, 6) is -0.438. The van der Waals surface area contributed by atoms with Gasteiger partial charge in [-0.15, -0.1) is 0 Å². The summed E-state index contributed by atoms with van der Waals surface area (Å²) >= 11 is 0. The summed E-state index contributed by atoms with van der Waals surface area (Å²) in [6.45, 7) is 0. The number of rotatable bonds is 4. The summed E-state index contributed by atoms with van der Waals surface area (Å²) < 4.78 is 18.8. The van der Waals surface area contributed by atoms with Gasteiger partial charge in [0.05, 0.1) is 6.26 Å². The summed E-state index contributed by atoms with van der Waals surface area (Å²) in [6, 6.07) is 14.0. The topological polar surface area (TPSA) is 30.2 Å². The van der Waals surface area contributed by atoms with Crippen LogP contribution in [0.2, 0.25) is 0 Å². The number of carbonyl (C=O) groups is 1. The van der Waals surface area contributed by atoms with Crippen LogP contribution in [0.25, 0.3) is 16.5 Å². The third kappa shape index (κ3) is 3.98. The molecule has 2 nitrogen and oxygen atoms in total. The van der Waals surface area contributed by atoms with E-state index in [1.54, 1.807) is 18.4 Å². The smallest absolute Gasteiger partial charge is 0.167 e. The van der Waals surface area contributed by atoms with Gasteiger partial charge in [-0.3, -0.25) is 4.79 Å². The predicted molar refractivity (Wildman–Crippen MR) is 106 cm³/mol. The average Bonchev–Trinajstić information content (AvgIpc) is 3.12. The predicted octanol–water partition coefficient (Wildman–Crippen LogP) is 6.50. The molecule has 0 radical (unpaired) electrons. The van der Waals surface area contributed by atoms with Gasteiger partial charge < -0.3 is 4.42 Å². The van der Waals surface area contributed by atoms with Crippen LogP contribution in [0.3, 0.4) is 0 Å². The molecule has 1 heterocycles. The minimum absolute atomic E-state index is 0.0555. The van der Waals surface area contributed by atoms with Gasteiger partial charge in [-0.1, -0.05) is 48.1 Å². The lowest BCUT2D eigenvalue weighted by Gasteiger charge is -2.12. The quantitative estimate of drug-likeness (QED) is 0.498. The Morgan fingerprint density at radius 3 is 2.78 bits per heavy atom. The van der Waals surface area contributed by atoms with Crippen molar-refractivity contribution in [1.29, 1.82) is 0 Å². The summed E-state index contributed by atoms with van der Waals surface area (Å²) in [5.41, 5.74) is 4.73. The van der Waals surface area contributed by atoms with E-state index in [1.807, 2.05) is 30.4 Å². The van der Waals surface area contributed by atoms with Crippen LogP contribution in [-0.4, -0.2) is 5.78 Å². The van der Waals surface area contributed by atoms with E-state index in [-0.39, 0.29) is 11.6 Å². The maximum atomic E-state index is 13.4. The van der Waals surface area contributed by atoms with Crippen molar-refractivity contribution >= 4 is 22.3 Å². The van der Waals surface area contributed by atoms with E-state index in [0.717, 1.165) is 34.9 Å². The SMILES string of the molecule is O=C(C/C1=C/C=C/C=C(c2ccc3occc3c2)CC1)c1cccc(F)c1. The van der Waals surface area contributed by atoms with E-state index in [2.05, 4.69) is 18.2 Å². The highest BCUT2D eigenvalue weighted by Gasteiger charge is 2.12. The molecule has 2 aromatic carbocycles. The molecule has 0 spiro atoms. The molecule has 0 unspecified atom stereocenters. The zero-order valence-corrected chi connectivity index (χ0v) is 14.8. The van der Waals surface area contributed by atoms with Crippen LogP contribution in [0.5, 0.6) is 0 Å². The van der Waals surface area contributed by atoms with Gasteiger partial charge in [-0.25, -0.2) is 4.39 Å². The zero-order valence-electron chi connectivity index (χ0n) is 14.8. The molecule has 0 aliphatic heterocycles. The van der Waals surface area contributed by atoms with E-state index in [0.29, 0.717) is 12.0 Å². The fourth-order valence-electron chi connectivity index (χ4n) is 3.35. The lowest BCUT2D eigenvalue weighted by Crippen LogP contribution is -2.02. The average molecular weight is 358 g/mol. The Bertz CT molecular complexity index is 1080. The molecule has 0 bridgehead atoms. The van der Waals surface area contributed by atoms with Crippen molar-refractivity contribution in [2.45, 2.75) is 19.3 Å².